The molecular weight excluding hydrogens is 298 g/mol. The van der Waals surface area contributed by atoms with Crippen molar-refractivity contribution in [2.45, 2.75) is 24.5 Å². The maximum atomic E-state index is 6.26. The SMILES string of the molecule is Clc1ccc2c(c1)[C@@H]1N(C[C@@]13CCCO3)c1ccccc1O2. The Morgan fingerprint density at radius 3 is 2.91 bits per heavy atom. The van der Waals surface area contributed by atoms with E-state index in [1.165, 1.54) is 0 Å². The first-order valence-corrected chi connectivity index (χ1v) is 8.12. The topological polar surface area (TPSA) is 21.7 Å². The lowest BCUT2D eigenvalue weighted by Gasteiger charge is -2.55. The van der Waals surface area contributed by atoms with Gasteiger partial charge in [-0.3, -0.25) is 0 Å². The van der Waals surface area contributed by atoms with Crippen molar-refractivity contribution in [2.24, 2.45) is 0 Å². The highest BCUT2D eigenvalue weighted by Crippen LogP contribution is 2.57. The first-order valence-electron chi connectivity index (χ1n) is 7.74. The Hall–Kier alpha value is -1.71. The number of hydrogen-bond acceptors (Lipinski definition) is 3. The summed E-state index contributed by atoms with van der Waals surface area (Å²) in [4.78, 5) is 2.39. The molecule has 0 aromatic heterocycles. The van der Waals surface area contributed by atoms with E-state index in [9.17, 15) is 0 Å². The maximum Gasteiger partial charge on any atom is 0.150 e. The Morgan fingerprint density at radius 2 is 2.05 bits per heavy atom. The van der Waals surface area contributed by atoms with Crippen molar-refractivity contribution in [1.29, 1.82) is 0 Å². The lowest BCUT2D eigenvalue weighted by molar-refractivity contribution is -0.0564. The highest BCUT2D eigenvalue weighted by atomic mass is 35.5. The van der Waals surface area contributed by atoms with Gasteiger partial charge in [-0.25, -0.2) is 0 Å². The number of benzene rings is 2. The van der Waals surface area contributed by atoms with Crippen LogP contribution in [0.5, 0.6) is 11.5 Å². The number of para-hydroxylation sites is 2. The Balaban J connectivity index is 1.72. The van der Waals surface area contributed by atoms with Gasteiger partial charge in [0.1, 0.15) is 11.4 Å². The van der Waals surface area contributed by atoms with E-state index in [4.69, 9.17) is 21.1 Å². The minimum Gasteiger partial charge on any atom is -0.455 e. The van der Waals surface area contributed by atoms with Crippen LogP contribution in [0.1, 0.15) is 24.4 Å². The van der Waals surface area contributed by atoms with E-state index in [1.807, 2.05) is 30.3 Å². The van der Waals surface area contributed by atoms with Gasteiger partial charge in [0.25, 0.3) is 0 Å². The summed E-state index contributed by atoms with van der Waals surface area (Å²) >= 11 is 6.26. The van der Waals surface area contributed by atoms with Gasteiger partial charge in [-0.2, -0.15) is 0 Å². The van der Waals surface area contributed by atoms with Crippen LogP contribution in [0.15, 0.2) is 42.5 Å². The molecular formula is C18H16ClNO2. The molecule has 2 saturated heterocycles. The van der Waals surface area contributed by atoms with Crippen molar-refractivity contribution in [1.82, 2.24) is 0 Å². The summed E-state index contributed by atoms with van der Waals surface area (Å²) in [5.74, 6) is 1.79. The zero-order valence-corrected chi connectivity index (χ0v) is 12.8. The standard InChI is InChI=1S/C18H16ClNO2/c19-12-6-7-15-13(10-12)17-18(8-3-9-21-18)11-20(17)14-4-1-2-5-16(14)22-15/h1-2,4-7,10,17H,3,8-9,11H2/t17-,18-/m0/s1. The average Bonchev–Trinajstić information content (AvgIpc) is 2.96. The summed E-state index contributed by atoms with van der Waals surface area (Å²) < 4.78 is 12.4. The molecule has 0 saturated carbocycles. The Bertz CT molecular complexity index is 755. The van der Waals surface area contributed by atoms with Crippen molar-refractivity contribution in [3.05, 3.63) is 53.1 Å². The van der Waals surface area contributed by atoms with Crippen LogP contribution in [0.4, 0.5) is 5.69 Å². The van der Waals surface area contributed by atoms with Crippen LogP contribution < -0.4 is 9.64 Å². The van der Waals surface area contributed by atoms with Gasteiger partial charge in [-0.1, -0.05) is 23.7 Å². The molecule has 3 heterocycles. The summed E-state index contributed by atoms with van der Waals surface area (Å²) in [7, 11) is 0. The van der Waals surface area contributed by atoms with Crippen molar-refractivity contribution in [3.8, 4) is 11.5 Å². The predicted molar refractivity (Wildman–Crippen MR) is 86.0 cm³/mol. The molecule has 3 aliphatic heterocycles. The van der Waals surface area contributed by atoms with Crippen LogP contribution in [0, 0.1) is 0 Å². The van der Waals surface area contributed by atoms with Crippen LogP contribution in [-0.2, 0) is 4.74 Å². The number of halogens is 1. The molecule has 0 unspecified atom stereocenters. The smallest absolute Gasteiger partial charge is 0.150 e. The third-order valence-electron chi connectivity index (χ3n) is 5.04. The minimum absolute atomic E-state index is 0.0831. The number of fused-ring (bicyclic) bond motifs is 6. The Labute approximate surface area is 134 Å². The first kappa shape index (κ1) is 12.8. The Morgan fingerprint density at radius 1 is 1.14 bits per heavy atom. The molecule has 2 fully saturated rings. The van der Waals surface area contributed by atoms with Crippen molar-refractivity contribution >= 4 is 17.3 Å². The second-order valence-corrected chi connectivity index (χ2v) is 6.74. The summed E-state index contributed by atoms with van der Waals surface area (Å²) in [5.41, 5.74) is 2.19. The van der Waals surface area contributed by atoms with E-state index in [1.54, 1.807) is 0 Å². The minimum atomic E-state index is -0.0831. The molecule has 2 atom stereocenters. The molecule has 3 nitrogen and oxygen atoms in total. The Kier molecular flexibility index (Phi) is 2.56. The fourth-order valence-corrected chi connectivity index (χ4v) is 4.28. The predicted octanol–water partition coefficient (Wildman–Crippen LogP) is 4.56. The fraction of sp³-hybridized carbons (Fsp3) is 0.333. The third-order valence-corrected chi connectivity index (χ3v) is 5.28. The summed E-state index contributed by atoms with van der Waals surface area (Å²) in [6.07, 6.45) is 2.23. The molecule has 0 N–H and O–H groups in total. The number of anilines is 1. The van der Waals surface area contributed by atoms with Crippen molar-refractivity contribution in [3.63, 3.8) is 0 Å². The van der Waals surface area contributed by atoms with Gasteiger partial charge in [-0.15, -0.1) is 0 Å². The molecule has 112 valence electrons. The molecule has 5 rings (SSSR count). The molecule has 0 radical (unpaired) electrons. The van der Waals surface area contributed by atoms with Gasteiger partial charge >= 0.3 is 0 Å². The van der Waals surface area contributed by atoms with Gasteiger partial charge in [0.15, 0.2) is 5.75 Å². The number of rotatable bonds is 0. The largest absolute Gasteiger partial charge is 0.455 e. The van der Waals surface area contributed by atoms with Gasteiger partial charge in [0, 0.05) is 17.2 Å². The van der Waals surface area contributed by atoms with E-state index in [0.717, 1.165) is 53.8 Å². The third kappa shape index (κ3) is 1.61. The molecule has 0 amide bonds. The van der Waals surface area contributed by atoms with Gasteiger partial charge in [0.05, 0.1) is 18.3 Å². The number of nitrogens with zero attached hydrogens (tertiary/aromatic N) is 1. The molecule has 22 heavy (non-hydrogen) atoms. The van der Waals surface area contributed by atoms with Gasteiger partial charge in [0.2, 0.25) is 0 Å². The lowest BCUT2D eigenvalue weighted by atomic mass is 9.76. The summed E-state index contributed by atoms with van der Waals surface area (Å²) in [6.45, 7) is 1.77. The van der Waals surface area contributed by atoms with E-state index in [2.05, 4.69) is 17.0 Å². The number of ether oxygens (including phenoxy) is 2. The number of hydrogen-bond donors (Lipinski definition) is 0. The van der Waals surface area contributed by atoms with E-state index >= 15 is 0 Å². The highest BCUT2D eigenvalue weighted by Gasteiger charge is 2.58. The lowest BCUT2D eigenvalue weighted by Crippen LogP contribution is -2.63. The van der Waals surface area contributed by atoms with Crippen LogP contribution in [0.3, 0.4) is 0 Å². The second kappa shape index (κ2) is 4.40. The van der Waals surface area contributed by atoms with Crippen LogP contribution in [-0.4, -0.2) is 18.8 Å². The van der Waals surface area contributed by atoms with Crippen LogP contribution >= 0.6 is 11.6 Å². The van der Waals surface area contributed by atoms with Crippen molar-refractivity contribution < 1.29 is 9.47 Å². The molecule has 2 aromatic rings. The monoisotopic (exact) mass is 313 g/mol. The molecule has 1 spiro atoms. The molecule has 0 bridgehead atoms. The highest BCUT2D eigenvalue weighted by molar-refractivity contribution is 6.30. The maximum absolute atomic E-state index is 6.26. The zero-order chi connectivity index (χ0) is 14.7. The average molecular weight is 314 g/mol. The van der Waals surface area contributed by atoms with Gasteiger partial charge in [-0.05, 0) is 43.2 Å². The van der Waals surface area contributed by atoms with E-state index in [0.29, 0.717) is 0 Å². The van der Waals surface area contributed by atoms with E-state index < -0.39 is 0 Å². The van der Waals surface area contributed by atoms with Crippen molar-refractivity contribution in [2.75, 3.05) is 18.1 Å². The molecule has 2 aromatic carbocycles. The van der Waals surface area contributed by atoms with E-state index in [-0.39, 0.29) is 11.6 Å². The second-order valence-electron chi connectivity index (χ2n) is 6.30. The molecule has 3 aliphatic rings. The fourth-order valence-electron chi connectivity index (χ4n) is 4.10. The molecule has 4 heteroatoms. The zero-order valence-electron chi connectivity index (χ0n) is 12.1. The van der Waals surface area contributed by atoms with Gasteiger partial charge < -0.3 is 14.4 Å². The molecule has 0 aliphatic carbocycles. The first-order chi connectivity index (χ1) is 10.8. The quantitative estimate of drug-likeness (QED) is 0.712. The summed E-state index contributed by atoms with van der Waals surface area (Å²) in [6, 6.07) is 14.3. The summed E-state index contributed by atoms with van der Waals surface area (Å²) in [5, 5.41) is 0.744. The normalized spacial score (nSPS) is 28.2. The van der Waals surface area contributed by atoms with Crippen LogP contribution in [0.2, 0.25) is 5.02 Å². The van der Waals surface area contributed by atoms with Crippen LogP contribution in [0.25, 0.3) is 0 Å².